The van der Waals surface area contributed by atoms with Gasteiger partial charge in [0.15, 0.2) is 0 Å². The van der Waals surface area contributed by atoms with E-state index in [-0.39, 0.29) is 0 Å². The Hall–Kier alpha value is -1.60. The molecular weight excluding hydrogens is 318 g/mol. The van der Waals surface area contributed by atoms with Crippen molar-refractivity contribution >= 4 is 16.2 Å². The molecule has 1 rings (SSSR count). The molecule has 0 saturated heterocycles. The van der Waals surface area contributed by atoms with E-state index in [4.69, 9.17) is 15.0 Å². The van der Waals surface area contributed by atoms with E-state index in [9.17, 15) is 8.42 Å². The third-order valence-electron chi connectivity index (χ3n) is 3.13. The van der Waals surface area contributed by atoms with Gasteiger partial charge in [0, 0.05) is 6.54 Å². The number of hydrogen-bond donors (Lipinski definition) is 3. The lowest BCUT2D eigenvalue weighted by Gasteiger charge is -2.06. The molecule has 0 atom stereocenters. The van der Waals surface area contributed by atoms with E-state index in [1.165, 1.54) is 32.1 Å². The topological polar surface area (TPSA) is 104 Å². The smallest absolute Gasteiger partial charge is 0.450 e. The summed E-state index contributed by atoms with van der Waals surface area (Å²) in [6, 6.07) is 8.53. The SMILES string of the molecule is CCCCCCCCCNS(=O)(=O)c1ccccc1.O=C(O)O. The molecule has 23 heavy (non-hydrogen) atoms. The number of hydrogen-bond acceptors (Lipinski definition) is 3. The fraction of sp³-hybridized carbons (Fsp3) is 0.562. The molecule has 0 aromatic heterocycles. The highest BCUT2D eigenvalue weighted by Gasteiger charge is 2.11. The minimum Gasteiger partial charge on any atom is -0.450 e. The average molecular weight is 345 g/mol. The fourth-order valence-corrected chi connectivity index (χ4v) is 3.07. The van der Waals surface area contributed by atoms with Crippen LogP contribution in [0, 0.1) is 0 Å². The summed E-state index contributed by atoms with van der Waals surface area (Å²) in [5, 5.41) is 13.9. The maximum atomic E-state index is 11.9. The summed E-state index contributed by atoms with van der Waals surface area (Å²) in [4.78, 5) is 8.90. The van der Waals surface area contributed by atoms with Crippen molar-refractivity contribution in [3.63, 3.8) is 0 Å². The van der Waals surface area contributed by atoms with Gasteiger partial charge in [-0.2, -0.15) is 0 Å². The van der Waals surface area contributed by atoms with E-state index in [2.05, 4.69) is 11.6 Å². The molecule has 0 spiro atoms. The molecule has 0 heterocycles. The lowest BCUT2D eigenvalue weighted by atomic mass is 10.1. The summed E-state index contributed by atoms with van der Waals surface area (Å²) in [7, 11) is -3.31. The highest BCUT2D eigenvalue weighted by atomic mass is 32.2. The maximum Gasteiger partial charge on any atom is 0.503 e. The molecule has 0 fully saturated rings. The van der Waals surface area contributed by atoms with E-state index >= 15 is 0 Å². The molecule has 0 unspecified atom stereocenters. The standard InChI is InChI=1S/C15H25NO2S.CH2O3/c1-2-3-4-5-6-7-11-14-16-19(17,18)15-12-9-8-10-13-15;2-1(3)4/h8-10,12-13,16H,2-7,11,14H2,1H3;(H2,2,3,4). The van der Waals surface area contributed by atoms with Crippen molar-refractivity contribution < 1.29 is 23.4 Å². The first kappa shape index (κ1) is 21.4. The Bertz CT molecular complexity index is 513. The lowest BCUT2D eigenvalue weighted by Crippen LogP contribution is -2.24. The van der Waals surface area contributed by atoms with Gasteiger partial charge in [0.1, 0.15) is 0 Å². The molecule has 0 aliphatic rings. The van der Waals surface area contributed by atoms with Crippen molar-refractivity contribution in [2.75, 3.05) is 6.54 Å². The second-order valence-corrected chi connectivity index (χ2v) is 6.88. The molecule has 0 aliphatic heterocycles. The number of benzene rings is 1. The van der Waals surface area contributed by atoms with Crippen LogP contribution in [0.3, 0.4) is 0 Å². The second-order valence-electron chi connectivity index (χ2n) is 5.11. The Morgan fingerprint density at radius 3 is 1.96 bits per heavy atom. The molecule has 0 bridgehead atoms. The van der Waals surface area contributed by atoms with Crippen LogP contribution < -0.4 is 4.72 Å². The van der Waals surface area contributed by atoms with E-state index in [0.29, 0.717) is 11.4 Å². The van der Waals surface area contributed by atoms with Crippen LogP contribution in [0.1, 0.15) is 51.9 Å². The summed E-state index contributed by atoms with van der Waals surface area (Å²) in [5.41, 5.74) is 0. The predicted molar refractivity (Wildman–Crippen MR) is 90.3 cm³/mol. The van der Waals surface area contributed by atoms with Crippen molar-refractivity contribution in [3.05, 3.63) is 30.3 Å². The minimum absolute atomic E-state index is 0.345. The molecule has 132 valence electrons. The number of carbonyl (C=O) groups is 1. The van der Waals surface area contributed by atoms with Crippen molar-refractivity contribution in [1.29, 1.82) is 0 Å². The van der Waals surface area contributed by atoms with Crippen molar-refractivity contribution in [1.82, 2.24) is 4.72 Å². The summed E-state index contributed by atoms with van der Waals surface area (Å²) in [6.45, 7) is 2.74. The summed E-state index contributed by atoms with van der Waals surface area (Å²) in [5.74, 6) is 0. The quantitative estimate of drug-likeness (QED) is 0.557. The molecular formula is C16H27NO5S. The fourth-order valence-electron chi connectivity index (χ4n) is 1.97. The first-order valence-electron chi connectivity index (χ1n) is 7.86. The highest BCUT2D eigenvalue weighted by molar-refractivity contribution is 7.89. The number of rotatable bonds is 10. The molecule has 0 amide bonds. The molecule has 6 nitrogen and oxygen atoms in total. The molecule has 0 aliphatic carbocycles. The van der Waals surface area contributed by atoms with E-state index < -0.39 is 16.2 Å². The van der Waals surface area contributed by atoms with Crippen LogP contribution in [0.4, 0.5) is 4.79 Å². The Kier molecular flexibility index (Phi) is 12.0. The van der Waals surface area contributed by atoms with Gasteiger partial charge < -0.3 is 10.2 Å². The van der Waals surface area contributed by atoms with Crippen LogP contribution in [-0.2, 0) is 10.0 Å². The highest BCUT2D eigenvalue weighted by Crippen LogP contribution is 2.09. The van der Waals surface area contributed by atoms with Crippen molar-refractivity contribution in [2.45, 2.75) is 56.8 Å². The van der Waals surface area contributed by atoms with Crippen LogP contribution in [-0.4, -0.2) is 31.3 Å². The average Bonchev–Trinajstić information content (AvgIpc) is 2.50. The third-order valence-corrected chi connectivity index (χ3v) is 4.60. The predicted octanol–water partition coefficient (Wildman–Crippen LogP) is 3.94. The monoisotopic (exact) mass is 345 g/mol. The molecule has 3 N–H and O–H groups in total. The van der Waals surface area contributed by atoms with Gasteiger partial charge >= 0.3 is 6.16 Å². The van der Waals surface area contributed by atoms with Gasteiger partial charge in [-0.25, -0.2) is 17.9 Å². The largest absolute Gasteiger partial charge is 0.503 e. The Balaban J connectivity index is 0.00000108. The third kappa shape index (κ3) is 12.6. The zero-order valence-electron chi connectivity index (χ0n) is 13.6. The van der Waals surface area contributed by atoms with Crippen molar-refractivity contribution in [2.24, 2.45) is 0 Å². The van der Waals surface area contributed by atoms with Crippen molar-refractivity contribution in [3.8, 4) is 0 Å². The zero-order chi connectivity index (χ0) is 17.6. The van der Waals surface area contributed by atoms with Crippen LogP contribution in [0.15, 0.2) is 35.2 Å². The zero-order valence-corrected chi connectivity index (χ0v) is 14.4. The molecule has 0 saturated carbocycles. The van der Waals surface area contributed by atoms with E-state index in [0.717, 1.165) is 12.8 Å². The Labute approximate surface area is 138 Å². The number of sulfonamides is 1. The Morgan fingerprint density at radius 2 is 1.43 bits per heavy atom. The maximum absolute atomic E-state index is 11.9. The first-order chi connectivity index (χ1) is 10.9. The summed E-state index contributed by atoms with van der Waals surface area (Å²) >= 11 is 0. The van der Waals surface area contributed by atoms with Gasteiger partial charge in [0.05, 0.1) is 4.90 Å². The second kappa shape index (κ2) is 12.9. The number of carboxylic acid groups (broad SMARTS) is 2. The van der Waals surface area contributed by atoms with Gasteiger partial charge in [0.25, 0.3) is 0 Å². The van der Waals surface area contributed by atoms with Gasteiger partial charge in [-0.15, -0.1) is 0 Å². The van der Waals surface area contributed by atoms with E-state index in [1.807, 2.05) is 6.07 Å². The van der Waals surface area contributed by atoms with Gasteiger partial charge in [-0.1, -0.05) is 63.6 Å². The van der Waals surface area contributed by atoms with Gasteiger partial charge in [0.2, 0.25) is 10.0 Å². The molecule has 7 heteroatoms. The lowest BCUT2D eigenvalue weighted by molar-refractivity contribution is 0.137. The summed E-state index contributed by atoms with van der Waals surface area (Å²) in [6.07, 6.45) is 6.51. The first-order valence-corrected chi connectivity index (χ1v) is 9.35. The van der Waals surface area contributed by atoms with Gasteiger partial charge in [-0.3, -0.25) is 0 Å². The van der Waals surface area contributed by atoms with Crippen LogP contribution in [0.5, 0.6) is 0 Å². The van der Waals surface area contributed by atoms with Gasteiger partial charge in [-0.05, 0) is 18.6 Å². The van der Waals surface area contributed by atoms with Crippen LogP contribution in [0.25, 0.3) is 0 Å². The van der Waals surface area contributed by atoms with Crippen LogP contribution in [0.2, 0.25) is 0 Å². The number of unbranched alkanes of at least 4 members (excludes halogenated alkanes) is 6. The molecule has 1 aromatic carbocycles. The molecule has 0 radical (unpaired) electrons. The van der Waals surface area contributed by atoms with Crippen LogP contribution >= 0.6 is 0 Å². The summed E-state index contributed by atoms with van der Waals surface area (Å²) < 4.78 is 26.4. The normalized spacial score (nSPS) is 10.7. The minimum atomic E-state index is -3.31. The Morgan fingerprint density at radius 1 is 0.957 bits per heavy atom. The number of nitrogens with one attached hydrogen (secondary N) is 1. The van der Waals surface area contributed by atoms with E-state index in [1.54, 1.807) is 24.3 Å². The molecule has 1 aromatic rings.